The molecule has 2 rings (SSSR count). The van der Waals surface area contributed by atoms with Gasteiger partial charge in [-0.05, 0) is 25.1 Å². The van der Waals surface area contributed by atoms with E-state index in [2.05, 4.69) is 10.6 Å². The molecule has 96 valence electrons. The number of fused-ring (bicyclic) bond motifs is 1. The Bertz CT molecular complexity index is 485. The molecule has 3 N–H and O–H groups in total. The quantitative estimate of drug-likeness (QED) is 0.711. The zero-order chi connectivity index (χ0) is 13.1. The molecule has 1 heterocycles. The summed E-state index contributed by atoms with van der Waals surface area (Å²) < 4.78 is 5.21. The maximum atomic E-state index is 11.7. The predicted molar refractivity (Wildman–Crippen MR) is 64.6 cm³/mol. The van der Waals surface area contributed by atoms with E-state index >= 15 is 0 Å². The van der Waals surface area contributed by atoms with Gasteiger partial charge in [-0.2, -0.15) is 0 Å². The molecule has 0 aliphatic carbocycles. The van der Waals surface area contributed by atoms with Crippen molar-refractivity contribution in [1.29, 1.82) is 0 Å². The lowest BCUT2D eigenvalue weighted by molar-refractivity contribution is -0.118. The molecule has 6 nitrogen and oxygen atoms in total. The molecule has 1 aliphatic heterocycles. The minimum atomic E-state index is -0.595. The largest absolute Gasteiger partial charge is 0.482 e. The third-order valence-electron chi connectivity index (χ3n) is 2.43. The number of benzene rings is 1. The summed E-state index contributed by atoms with van der Waals surface area (Å²) in [6.45, 7) is 1.73. The number of carbonyl (C=O) groups excluding carboxylic acids is 2. The number of nitrogens with one attached hydrogen (secondary N) is 2. The highest BCUT2D eigenvalue weighted by Crippen LogP contribution is 2.28. The zero-order valence-electron chi connectivity index (χ0n) is 9.90. The average molecular weight is 250 g/mol. The summed E-state index contributed by atoms with van der Waals surface area (Å²) >= 11 is 0. The highest BCUT2D eigenvalue weighted by molar-refractivity contribution is 5.98. The van der Waals surface area contributed by atoms with Gasteiger partial charge in [0.1, 0.15) is 5.75 Å². The van der Waals surface area contributed by atoms with Gasteiger partial charge in [0.25, 0.3) is 11.8 Å². The van der Waals surface area contributed by atoms with Gasteiger partial charge in [-0.25, -0.2) is 0 Å². The zero-order valence-corrected chi connectivity index (χ0v) is 9.90. The van der Waals surface area contributed by atoms with Crippen molar-refractivity contribution in [2.24, 2.45) is 0 Å². The molecule has 1 aliphatic rings. The monoisotopic (exact) mass is 250 g/mol. The second-order valence-electron chi connectivity index (χ2n) is 4.11. The van der Waals surface area contributed by atoms with Crippen LogP contribution in [0.1, 0.15) is 17.3 Å². The van der Waals surface area contributed by atoms with Crippen LogP contribution in [-0.2, 0) is 4.79 Å². The number of hydrogen-bond donors (Lipinski definition) is 3. The molecular weight excluding hydrogens is 236 g/mol. The number of carbonyl (C=O) groups is 2. The Kier molecular flexibility index (Phi) is 3.47. The number of aliphatic hydroxyl groups excluding tert-OH is 1. The number of aliphatic hydroxyl groups is 1. The fourth-order valence-corrected chi connectivity index (χ4v) is 1.56. The van der Waals surface area contributed by atoms with Gasteiger partial charge in [0, 0.05) is 12.1 Å². The van der Waals surface area contributed by atoms with Gasteiger partial charge in [-0.1, -0.05) is 0 Å². The molecule has 6 heteroatoms. The van der Waals surface area contributed by atoms with E-state index in [9.17, 15) is 9.59 Å². The van der Waals surface area contributed by atoms with Crippen molar-refractivity contribution in [3.8, 4) is 5.75 Å². The molecule has 0 radical (unpaired) electrons. The van der Waals surface area contributed by atoms with Crippen LogP contribution < -0.4 is 15.4 Å². The summed E-state index contributed by atoms with van der Waals surface area (Å²) in [4.78, 5) is 22.8. The summed E-state index contributed by atoms with van der Waals surface area (Å²) in [6, 6.07) is 4.76. The van der Waals surface area contributed by atoms with E-state index in [1.165, 1.54) is 0 Å². The van der Waals surface area contributed by atoms with E-state index in [4.69, 9.17) is 9.84 Å². The van der Waals surface area contributed by atoms with E-state index < -0.39 is 6.10 Å². The van der Waals surface area contributed by atoms with Gasteiger partial charge in [0.15, 0.2) is 6.61 Å². The average Bonchev–Trinajstić information content (AvgIpc) is 2.35. The molecule has 0 saturated heterocycles. The minimum absolute atomic E-state index is 0.0499. The van der Waals surface area contributed by atoms with E-state index in [0.717, 1.165) is 0 Å². The first-order valence-electron chi connectivity index (χ1n) is 5.59. The highest BCUT2D eigenvalue weighted by Gasteiger charge is 2.17. The van der Waals surface area contributed by atoms with Crippen molar-refractivity contribution in [3.05, 3.63) is 23.8 Å². The van der Waals surface area contributed by atoms with Gasteiger partial charge in [-0.3, -0.25) is 9.59 Å². The molecule has 1 unspecified atom stereocenters. The molecule has 1 aromatic rings. The molecule has 1 aromatic carbocycles. The Labute approximate surface area is 104 Å². The van der Waals surface area contributed by atoms with Gasteiger partial charge < -0.3 is 20.5 Å². The lowest BCUT2D eigenvalue weighted by Gasteiger charge is -2.18. The van der Waals surface area contributed by atoms with Crippen LogP contribution in [0.4, 0.5) is 5.69 Å². The maximum absolute atomic E-state index is 11.7. The van der Waals surface area contributed by atoms with Crippen LogP contribution in [0.15, 0.2) is 18.2 Å². The molecule has 1 atom stereocenters. The molecule has 0 fully saturated rings. The first kappa shape index (κ1) is 12.4. The topological polar surface area (TPSA) is 87.7 Å². The number of rotatable bonds is 3. The summed E-state index contributed by atoms with van der Waals surface area (Å²) in [5, 5.41) is 14.3. The Morgan fingerprint density at radius 1 is 1.61 bits per heavy atom. The van der Waals surface area contributed by atoms with Crippen LogP contribution in [0.2, 0.25) is 0 Å². The van der Waals surface area contributed by atoms with E-state index in [1.807, 2.05) is 0 Å². The number of hydrogen-bond acceptors (Lipinski definition) is 4. The lowest BCUT2D eigenvalue weighted by Crippen LogP contribution is -2.31. The summed E-state index contributed by atoms with van der Waals surface area (Å²) in [5.74, 6) is -0.0349. The Balaban J connectivity index is 2.11. The fourth-order valence-electron chi connectivity index (χ4n) is 1.56. The van der Waals surface area contributed by atoms with Gasteiger partial charge in [0.2, 0.25) is 0 Å². The van der Waals surface area contributed by atoms with Crippen LogP contribution in [0.3, 0.4) is 0 Å². The molecule has 0 spiro atoms. The first-order valence-corrected chi connectivity index (χ1v) is 5.59. The van der Waals surface area contributed by atoms with Crippen LogP contribution >= 0.6 is 0 Å². The van der Waals surface area contributed by atoms with Crippen molar-refractivity contribution < 1.29 is 19.4 Å². The SMILES string of the molecule is CC(O)CNC(=O)c1ccc2c(c1)OCC(=O)N2. The number of anilines is 1. The van der Waals surface area contributed by atoms with Gasteiger partial charge in [0.05, 0.1) is 11.8 Å². The van der Waals surface area contributed by atoms with Crippen LogP contribution in [-0.4, -0.2) is 36.2 Å². The molecule has 0 saturated carbocycles. The van der Waals surface area contributed by atoms with Crippen molar-refractivity contribution in [1.82, 2.24) is 5.32 Å². The standard InChI is InChI=1S/C12H14N2O4/c1-7(15)5-13-12(17)8-2-3-9-10(4-8)18-6-11(16)14-9/h2-4,7,15H,5-6H2,1H3,(H,13,17)(H,14,16). The highest BCUT2D eigenvalue weighted by atomic mass is 16.5. The summed E-state index contributed by atoms with van der Waals surface area (Å²) in [6.07, 6.45) is -0.595. The Morgan fingerprint density at radius 3 is 3.11 bits per heavy atom. The van der Waals surface area contributed by atoms with Crippen molar-refractivity contribution in [3.63, 3.8) is 0 Å². The summed E-state index contributed by atoms with van der Waals surface area (Å²) in [5.41, 5.74) is 0.976. The summed E-state index contributed by atoms with van der Waals surface area (Å²) in [7, 11) is 0. The van der Waals surface area contributed by atoms with Crippen LogP contribution in [0.25, 0.3) is 0 Å². The van der Waals surface area contributed by atoms with Crippen LogP contribution in [0, 0.1) is 0 Å². The smallest absolute Gasteiger partial charge is 0.262 e. The van der Waals surface area contributed by atoms with Crippen molar-refractivity contribution in [2.75, 3.05) is 18.5 Å². The number of ether oxygens (including phenoxy) is 1. The maximum Gasteiger partial charge on any atom is 0.262 e. The third kappa shape index (κ3) is 2.78. The second kappa shape index (κ2) is 5.05. The lowest BCUT2D eigenvalue weighted by atomic mass is 10.1. The number of amides is 2. The molecule has 2 amide bonds. The van der Waals surface area contributed by atoms with E-state index in [0.29, 0.717) is 17.0 Å². The first-order chi connectivity index (χ1) is 8.56. The van der Waals surface area contributed by atoms with E-state index in [-0.39, 0.29) is 25.0 Å². The minimum Gasteiger partial charge on any atom is -0.482 e. The van der Waals surface area contributed by atoms with Gasteiger partial charge in [-0.15, -0.1) is 0 Å². The molecule has 0 bridgehead atoms. The third-order valence-corrected chi connectivity index (χ3v) is 2.43. The molecule has 0 aromatic heterocycles. The molecule has 18 heavy (non-hydrogen) atoms. The second-order valence-corrected chi connectivity index (χ2v) is 4.11. The van der Waals surface area contributed by atoms with E-state index in [1.54, 1.807) is 25.1 Å². The Hall–Kier alpha value is -2.08. The van der Waals surface area contributed by atoms with Crippen molar-refractivity contribution in [2.45, 2.75) is 13.0 Å². The molecular formula is C12H14N2O4. The predicted octanol–water partition coefficient (Wildman–Crippen LogP) is 0.128. The van der Waals surface area contributed by atoms with Gasteiger partial charge >= 0.3 is 0 Å². The van der Waals surface area contributed by atoms with Crippen LogP contribution in [0.5, 0.6) is 5.75 Å². The Morgan fingerprint density at radius 2 is 2.39 bits per heavy atom. The van der Waals surface area contributed by atoms with Crippen molar-refractivity contribution >= 4 is 17.5 Å². The normalized spacial score (nSPS) is 15.1. The fraction of sp³-hybridized carbons (Fsp3) is 0.333.